The molecule has 0 atom stereocenters. The van der Waals surface area contributed by atoms with Crippen molar-refractivity contribution in [3.8, 4) is 50.2 Å². The van der Waals surface area contributed by atoms with Crippen LogP contribution < -0.4 is 4.90 Å². The molecule has 1 aromatic heterocycles. The zero-order valence-electron chi connectivity index (χ0n) is 35.1. The van der Waals surface area contributed by atoms with Gasteiger partial charge in [-0.05, 0) is 91.8 Å². The van der Waals surface area contributed by atoms with Crippen LogP contribution in [0.15, 0.2) is 255 Å². The number of rotatable bonds is 8. The Kier molecular flexibility index (Phi) is 9.20. The summed E-state index contributed by atoms with van der Waals surface area (Å²) in [6.07, 6.45) is 0. The van der Waals surface area contributed by atoms with Crippen molar-refractivity contribution in [2.75, 3.05) is 4.90 Å². The lowest BCUT2D eigenvalue weighted by atomic mass is 9.90. The number of benzene rings is 11. The van der Waals surface area contributed by atoms with Gasteiger partial charge in [0, 0.05) is 38.8 Å². The number of fused-ring (bicyclic) bond motifs is 5. The second kappa shape index (κ2) is 15.8. The molecule has 0 aliphatic carbocycles. The summed E-state index contributed by atoms with van der Waals surface area (Å²) in [6.45, 7) is 0. The quantitative estimate of drug-likeness (QED) is 0.148. The summed E-state index contributed by atoms with van der Waals surface area (Å²) in [7, 11) is 0. The summed E-state index contributed by atoms with van der Waals surface area (Å²) in [5.41, 5.74) is 16.3. The van der Waals surface area contributed by atoms with Crippen LogP contribution in [0.2, 0.25) is 0 Å². The van der Waals surface area contributed by atoms with Crippen LogP contribution in [0.5, 0.6) is 0 Å². The monoisotopic (exact) mass is 814 g/mol. The highest BCUT2D eigenvalue weighted by atomic mass is 15.1. The SMILES string of the molecule is c1ccc(-c2cccc3cccc(-c4ccccc4N(c4ccc(-c5cccc6c7ccccc7n(-c7ccccc7)c56)cc4)c4ccccc4-c4cccc5ccccc45)c23)cc1. The molecule has 2 heteroatoms. The van der Waals surface area contributed by atoms with Gasteiger partial charge in [0.25, 0.3) is 0 Å². The van der Waals surface area contributed by atoms with Gasteiger partial charge in [-0.15, -0.1) is 0 Å². The minimum absolute atomic E-state index is 1.07. The van der Waals surface area contributed by atoms with Gasteiger partial charge < -0.3 is 9.47 Å². The molecule has 2 nitrogen and oxygen atoms in total. The molecule has 0 spiro atoms. The predicted molar refractivity (Wildman–Crippen MR) is 272 cm³/mol. The van der Waals surface area contributed by atoms with Gasteiger partial charge in [0.2, 0.25) is 0 Å². The van der Waals surface area contributed by atoms with Crippen LogP contribution >= 0.6 is 0 Å². The molecule has 0 amide bonds. The molecule has 300 valence electrons. The molecule has 0 bridgehead atoms. The number of hydrogen-bond acceptors (Lipinski definition) is 1. The summed E-state index contributed by atoms with van der Waals surface area (Å²) in [4.78, 5) is 2.47. The van der Waals surface area contributed by atoms with E-state index >= 15 is 0 Å². The number of nitrogens with zero attached hydrogens (tertiary/aromatic N) is 2. The highest BCUT2D eigenvalue weighted by Gasteiger charge is 2.23. The van der Waals surface area contributed by atoms with E-state index in [4.69, 9.17) is 0 Å². The molecule has 12 aromatic rings. The van der Waals surface area contributed by atoms with Crippen LogP contribution in [0.1, 0.15) is 0 Å². The molecule has 0 saturated heterocycles. The average molecular weight is 815 g/mol. The van der Waals surface area contributed by atoms with E-state index in [1.807, 2.05) is 0 Å². The lowest BCUT2D eigenvalue weighted by Gasteiger charge is -2.30. The van der Waals surface area contributed by atoms with Gasteiger partial charge in [-0.3, -0.25) is 0 Å². The van der Waals surface area contributed by atoms with Gasteiger partial charge >= 0.3 is 0 Å². The highest BCUT2D eigenvalue weighted by Crippen LogP contribution is 2.48. The molecule has 0 fully saturated rings. The van der Waals surface area contributed by atoms with E-state index in [0.717, 1.165) is 33.9 Å². The van der Waals surface area contributed by atoms with E-state index in [9.17, 15) is 0 Å². The molecule has 12 rings (SSSR count). The van der Waals surface area contributed by atoms with Crippen LogP contribution in [-0.4, -0.2) is 4.57 Å². The first kappa shape index (κ1) is 37.3. The Morgan fingerprint density at radius 3 is 1.52 bits per heavy atom. The normalized spacial score (nSPS) is 11.4. The van der Waals surface area contributed by atoms with Crippen molar-refractivity contribution in [3.05, 3.63) is 255 Å². The van der Waals surface area contributed by atoms with E-state index in [-0.39, 0.29) is 0 Å². The summed E-state index contributed by atoms with van der Waals surface area (Å²) < 4.78 is 2.42. The maximum atomic E-state index is 2.47. The van der Waals surface area contributed by atoms with E-state index in [1.54, 1.807) is 0 Å². The van der Waals surface area contributed by atoms with Crippen molar-refractivity contribution in [2.45, 2.75) is 0 Å². The van der Waals surface area contributed by atoms with Crippen molar-refractivity contribution in [1.29, 1.82) is 0 Å². The maximum Gasteiger partial charge on any atom is 0.0619 e. The fraction of sp³-hybridized carbons (Fsp3) is 0. The molecule has 64 heavy (non-hydrogen) atoms. The Hall–Kier alpha value is -8.46. The standard InChI is InChI=1S/C62H42N2/c1-3-19-44(20-4-1)50-31-16-23-46-24-17-34-56(61(46)50)54-29-10-13-37-59(54)63(58-36-12-9-28-53(58)52-33-15-22-43-21-7-8-27-49(43)52)48-41-39-45(40-42-48)51-32-18-35-57-55-30-11-14-38-60(55)64(62(51)57)47-25-5-2-6-26-47/h1-42H. The third kappa shape index (κ3) is 6.27. The Balaban J connectivity index is 1.09. The Morgan fingerprint density at radius 1 is 0.281 bits per heavy atom. The molecule has 0 saturated carbocycles. The largest absolute Gasteiger partial charge is 0.309 e. The Morgan fingerprint density at radius 2 is 0.766 bits per heavy atom. The molecular formula is C62H42N2. The summed E-state index contributed by atoms with van der Waals surface area (Å²) in [5.74, 6) is 0. The van der Waals surface area contributed by atoms with Gasteiger partial charge in [0.05, 0.1) is 22.4 Å². The molecule has 1 heterocycles. The van der Waals surface area contributed by atoms with Gasteiger partial charge in [-0.2, -0.15) is 0 Å². The topological polar surface area (TPSA) is 8.17 Å². The zero-order valence-corrected chi connectivity index (χ0v) is 35.1. The van der Waals surface area contributed by atoms with Crippen LogP contribution in [0.4, 0.5) is 17.1 Å². The maximum absolute atomic E-state index is 2.47. The molecular weight excluding hydrogens is 773 g/mol. The van der Waals surface area contributed by atoms with Gasteiger partial charge in [0.1, 0.15) is 0 Å². The van der Waals surface area contributed by atoms with Crippen molar-refractivity contribution in [3.63, 3.8) is 0 Å². The molecule has 11 aromatic carbocycles. The van der Waals surface area contributed by atoms with Gasteiger partial charge in [-0.1, -0.05) is 212 Å². The first-order valence-electron chi connectivity index (χ1n) is 22.0. The van der Waals surface area contributed by atoms with Crippen molar-refractivity contribution in [2.24, 2.45) is 0 Å². The minimum atomic E-state index is 1.07. The lowest BCUT2D eigenvalue weighted by Crippen LogP contribution is -2.12. The van der Waals surface area contributed by atoms with Crippen LogP contribution in [0, 0.1) is 0 Å². The van der Waals surface area contributed by atoms with Crippen molar-refractivity contribution in [1.82, 2.24) is 4.57 Å². The minimum Gasteiger partial charge on any atom is -0.309 e. The highest BCUT2D eigenvalue weighted by molar-refractivity contribution is 6.14. The van der Waals surface area contributed by atoms with Crippen LogP contribution in [0.25, 0.3) is 93.5 Å². The third-order valence-corrected chi connectivity index (χ3v) is 12.8. The van der Waals surface area contributed by atoms with E-state index in [1.165, 1.54) is 76.7 Å². The van der Waals surface area contributed by atoms with E-state index < -0.39 is 0 Å². The number of anilines is 3. The molecule has 0 aliphatic rings. The summed E-state index contributed by atoms with van der Waals surface area (Å²) in [6, 6.07) is 92.7. The molecule has 0 unspecified atom stereocenters. The summed E-state index contributed by atoms with van der Waals surface area (Å²) >= 11 is 0. The Labute approximate surface area is 373 Å². The third-order valence-electron chi connectivity index (χ3n) is 12.8. The fourth-order valence-corrected chi connectivity index (χ4v) is 9.97. The second-order valence-electron chi connectivity index (χ2n) is 16.4. The molecule has 0 aliphatic heterocycles. The zero-order chi connectivity index (χ0) is 42.4. The second-order valence-corrected chi connectivity index (χ2v) is 16.4. The molecule has 0 N–H and O–H groups in total. The van der Waals surface area contributed by atoms with Crippen molar-refractivity contribution < 1.29 is 0 Å². The van der Waals surface area contributed by atoms with Crippen molar-refractivity contribution >= 4 is 60.4 Å². The van der Waals surface area contributed by atoms with Crippen LogP contribution in [0.3, 0.4) is 0 Å². The smallest absolute Gasteiger partial charge is 0.0619 e. The molecule has 0 radical (unpaired) electrons. The van der Waals surface area contributed by atoms with Gasteiger partial charge in [0.15, 0.2) is 0 Å². The lowest BCUT2D eigenvalue weighted by molar-refractivity contribution is 1.18. The first-order chi connectivity index (χ1) is 31.8. The fourth-order valence-electron chi connectivity index (χ4n) is 9.97. The number of aromatic nitrogens is 1. The predicted octanol–water partition coefficient (Wildman–Crippen LogP) is 17.2. The summed E-state index contributed by atoms with van der Waals surface area (Å²) in [5, 5.41) is 7.38. The van der Waals surface area contributed by atoms with E-state index in [2.05, 4.69) is 264 Å². The Bertz CT molecular complexity index is 3650. The average Bonchev–Trinajstić information content (AvgIpc) is 3.72. The van der Waals surface area contributed by atoms with Crippen LogP contribution in [-0.2, 0) is 0 Å². The van der Waals surface area contributed by atoms with E-state index in [0.29, 0.717) is 0 Å². The first-order valence-corrected chi connectivity index (χ1v) is 22.0. The number of para-hydroxylation sites is 5. The number of hydrogen-bond donors (Lipinski definition) is 0. The van der Waals surface area contributed by atoms with Gasteiger partial charge in [-0.25, -0.2) is 0 Å².